The molecule has 1 aromatic heterocycles. The molecule has 0 saturated carbocycles. The Hall–Kier alpha value is -2.08. The summed E-state index contributed by atoms with van der Waals surface area (Å²) >= 11 is 5.97. The van der Waals surface area contributed by atoms with Crippen LogP contribution in [0.2, 0.25) is 5.02 Å². The third kappa shape index (κ3) is 3.52. The van der Waals surface area contributed by atoms with Crippen molar-refractivity contribution in [2.75, 3.05) is 29.0 Å². The van der Waals surface area contributed by atoms with Crippen molar-refractivity contribution >= 4 is 29.4 Å². The average molecular weight is 305 g/mol. The molecule has 1 aliphatic rings. The molecule has 1 fully saturated rings. The minimum Gasteiger partial charge on any atom is -0.368 e. The zero-order valence-electron chi connectivity index (χ0n) is 11.6. The quantitative estimate of drug-likeness (QED) is 0.902. The topological polar surface area (TPSA) is 80.0 Å². The van der Waals surface area contributed by atoms with Gasteiger partial charge < -0.3 is 16.0 Å². The highest BCUT2D eigenvalue weighted by Gasteiger charge is 2.16. The van der Waals surface area contributed by atoms with E-state index in [9.17, 15) is 0 Å². The first-order valence-corrected chi connectivity index (χ1v) is 7.33. The molecule has 0 amide bonds. The number of benzene rings is 1. The Balaban J connectivity index is 1.72. The van der Waals surface area contributed by atoms with Gasteiger partial charge in [0.25, 0.3) is 0 Å². The second kappa shape index (κ2) is 6.13. The van der Waals surface area contributed by atoms with Gasteiger partial charge in [-0.05, 0) is 30.5 Å². The number of hydrogen-bond donors (Lipinski definition) is 2. The summed E-state index contributed by atoms with van der Waals surface area (Å²) in [4.78, 5) is 14.9. The average Bonchev–Trinajstić information content (AvgIpc) is 2.99. The molecular formula is C14H17ClN6. The highest BCUT2D eigenvalue weighted by atomic mass is 35.5. The summed E-state index contributed by atoms with van der Waals surface area (Å²) in [5, 5.41) is 3.88. The Kier molecular flexibility index (Phi) is 4.06. The van der Waals surface area contributed by atoms with Gasteiger partial charge in [0, 0.05) is 24.7 Å². The Morgan fingerprint density at radius 1 is 1.19 bits per heavy atom. The lowest BCUT2D eigenvalue weighted by atomic mass is 10.2. The molecule has 0 spiro atoms. The summed E-state index contributed by atoms with van der Waals surface area (Å²) in [5.74, 6) is 1.37. The van der Waals surface area contributed by atoms with Crippen LogP contribution in [0.1, 0.15) is 18.4 Å². The highest BCUT2D eigenvalue weighted by molar-refractivity contribution is 6.30. The molecule has 110 valence electrons. The molecular weight excluding hydrogens is 288 g/mol. The van der Waals surface area contributed by atoms with Crippen LogP contribution in [0.5, 0.6) is 0 Å². The van der Waals surface area contributed by atoms with Gasteiger partial charge in [-0.3, -0.25) is 0 Å². The zero-order chi connectivity index (χ0) is 14.7. The molecule has 0 unspecified atom stereocenters. The van der Waals surface area contributed by atoms with Gasteiger partial charge in [0.15, 0.2) is 0 Å². The van der Waals surface area contributed by atoms with Gasteiger partial charge >= 0.3 is 0 Å². The summed E-state index contributed by atoms with van der Waals surface area (Å²) in [6, 6.07) is 7.65. The Morgan fingerprint density at radius 3 is 2.76 bits per heavy atom. The summed E-state index contributed by atoms with van der Waals surface area (Å²) in [6.07, 6.45) is 2.33. The highest BCUT2D eigenvalue weighted by Crippen LogP contribution is 2.18. The van der Waals surface area contributed by atoms with Gasteiger partial charge in [-0.15, -0.1) is 0 Å². The first-order chi connectivity index (χ1) is 10.2. The number of halogens is 1. The van der Waals surface area contributed by atoms with Gasteiger partial charge in [-0.1, -0.05) is 23.7 Å². The number of anilines is 3. The molecule has 2 heterocycles. The molecule has 0 aliphatic carbocycles. The van der Waals surface area contributed by atoms with Crippen LogP contribution in [0.3, 0.4) is 0 Å². The minimum absolute atomic E-state index is 0.237. The fourth-order valence-corrected chi connectivity index (χ4v) is 2.56. The standard InChI is InChI=1S/C14H17ClN6/c15-11-5-3-4-10(8-11)9-17-13-18-12(16)19-14(20-13)21-6-1-2-7-21/h3-5,8H,1-2,6-7,9H2,(H3,16,17,18,19,20). The Morgan fingerprint density at radius 2 is 2.00 bits per heavy atom. The van der Waals surface area contributed by atoms with Gasteiger partial charge in [-0.2, -0.15) is 15.0 Å². The van der Waals surface area contributed by atoms with E-state index in [0.717, 1.165) is 31.5 Å². The molecule has 0 radical (unpaired) electrons. The molecule has 3 rings (SSSR count). The third-order valence-electron chi connectivity index (χ3n) is 3.37. The van der Waals surface area contributed by atoms with E-state index in [0.29, 0.717) is 23.5 Å². The van der Waals surface area contributed by atoms with Gasteiger partial charge in [0.05, 0.1) is 0 Å². The van der Waals surface area contributed by atoms with Crippen molar-refractivity contribution in [1.29, 1.82) is 0 Å². The van der Waals surface area contributed by atoms with E-state index in [2.05, 4.69) is 25.2 Å². The van der Waals surface area contributed by atoms with E-state index < -0.39 is 0 Å². The van der Waals surface area contributed by atoms with Crippen molar-refractivity contribution in [3.8, 4) is 0 Å². The van der Waals surface area contributed by atoms with Crippen molar-refractivity contribution in [1.82, 2.24) is 15.0 Å². The molecule has 1 aliphatic heterocycles. The molecule has 7 heteroatoms. The second-order valence-corrected chi connectivity index (χ2v) is 5.43. The molecule has 1 saturated heterocycles. The fraction of sp³-hybridized carbons (Fsp3) is 0.357. The maximum Gasteiger partial charge on any atom is 0.231 e. The number of hydrogen-bond acceptors (Lipinski definition) is 6. The van der Waals surface area contributed by atoms with Crippen LogP contribution in [0.25, 0.3) is 0 Å². The van der Waals surface area contributed by atoms with E-state index >= 15 is 0 Å². The Labute approximate surface area is 128 Å². The van der Waals surface area contributed by atoms with Gasteiger partial charge in [0.1, 0.15) is 0 Å². The third-order valence-corrected chi connectivity index (χ3v) is 3.60. The maximum atomic E-state index is 5.97. The molecule has 6 nitrogen and oxygen atoms in total. The molecule has 1 aromatic carbocycles. The van der Waals surface area contributed by atoms with Crippen LogP contribution in [0.4, 0.5) is 17.8 Å². The van der Waals surface area contributed by atoms with Crippen molar-refractivity contribution in [3.63, 3.8) is 0 Å². The lowest BCUT2D eigenvalue weighted by Crippen LogP contribution is -2.22. The lowest BCUT2D eigenvalue weighted by Gasteiger charge is -2.16. The zero-order valence-corrected chi connectivity index (χ0v) is 12.3. The number of aromatic nitrogens is 3. The second-order valence-electron chi connectivity index (χ2n) is 4.99. The van der Waals surface area contributed by atoms with Crippen LogP contribution in [-0.4, -0.2) is 28.0 Å². The van der Waals surface area contributed by atoms with Crippen LogP contribution in [0, 0.1) is 0 Å². The first kappa shape index (κ1) is 13.9. The monoisotopic (exact) mass is 304 g/mol. The van der Waals surface area contributed by atoms with Crippen molar-refractivity contribution < 1.29 is 0 Å². The maximum absolute atomic E-state index is 5.97. The number of nitrogens with one attached hydrogen (secondary N) is 1. The van der Waals surface area contributed by atoms with Crippen LogP contribution < -0.4 is 16.0 Å². The lowest BCUT2D eigenvalue weighted by molar-refractivity contribution is 0.881. The summed E-state index contributed by atoms with van der Waals surface area (Å²) in [7, 11) is 0. The SMILES string of the molecule is Nc1nc(NCc2cccc(Cl)c2)nc(N2CCCC2)n1. The normalized spacial score (nSPS) is 14.4. The smallest absolute Gasteiger partial charge is 0.231 e. The fourth-order valence-electron chi connectivity index (χ4n) is 2.35. The number of rotatable bonds is 4. The molecule has 0 bridgehead atoms. The van der Waals surface area contributed by atoms with E-state index in [-0.39, 0.29) is 5.95 Å². The summed E-state index contributed by atoms with van der Waals surface area (Å²) in [5.41, 5.74) is 6.83. The Bertz CT molecular complexity index is 627. The predicted octanol–water partition coefficient (Wildman–Crippen LogP) is 2.32. The van der Waals surface area contributed by atoms with E-state index in [1.54, 1.807) is 0 Å². The number of nitrogens with zero attached hydrogens (tertiary/aromatic N) is 4. The van der Waals surface area contributed by atoms with Gasteiger partial charge in [0.2, 0.25) is 17.8 Å². The van der Waals surface area contributed by atoms with Crippen LogP contribution in [0.15, 0.2) is 24.3 Å². The molecule has 0 atom stereocenters. The van der Waals surface area contributed by atoms with Crippen molar-refractivity contribution in [2.24, 2.45) is 0 Å². The minimum atomic E-state index is 0.237. The largest absolute Gasteiger partial charge is 0.368 e. The summed E-state index contributed by atoms with van der Waals surface area (Å²) < 4.78 is 0. The van der Waals surface area contributed by atoms with Gasteiger partial charge in [-0.25, -0.2) is 0 Å². The van der Waals surface area contributed by atoms with E-state index in [4.69, 9.17) is 17.3 Å². The molecule has 3 N–H and O–H groups in total. The number of nitrogens with two attached hydrogens (primary N) is 1. The van der Waals surface area contributed by atoms with Crippen LogP contribution in [-0.2, 0) is 6.54 Å². The van der Waals surface area contributed by atoms with Crippen molar-refractivity contribution in [2.45, 2.75) is 19.4 Å². The first-order valence-electron chi connectivity index (χ1n) is 6.95. The van der Waals surface area contributed by atoms with E-state index in [1.807, 2.05) is 24.3 Å². The van der Waals surface area contributed by atoms with Crippen molar-refractivity contribution in [3.05, 3.63) is 34.9 Å². The summed E-state index contributed by atoms with van der Waals surface area (Å²) in [6.45, 7) is 2.53. The predicted molar refractivity (Wildman–Crippen MR) is 84.5 cm³/mol. The number of nitrogen functional groups attached to an aromatic ring is 1. The van der Waals surface area contributed by atoms with E-state index in [1.165, 1.54) is 0 Å². The molecule has 2 aromatic rings. The van der Waals surface area contributed by atoms with Crippen LogP contribution >= 0.6 is 11.6 Å². The molecule has 21 heavy (non-hydrogen) atoms.